The maximum absolute atomic E-state index is 11.9. The van der Waals surface area contributed by atoms with Gasteiger partial charge < -0.3 is 9.84 Å². The average Bonchev–Trinajstić information content (AvgIpc) is 2.36. The molecule has 1 unspecified atom stereocenters. The monoisotopic (exact) mass is 287 g/mol. The first-order valence-electron chi connectivity index (χ1n) is 6.36. The van der Waals surface area contributed by atoms with Gasteiger partial charge in [0, 0.05) is 6.54 Å². The summed E-state index contributed by atoms with van der Waals surface area (Å²) in [6.07, 6.45) is 0.773. The second-order valence-corrected chi connectivity index (χ2v) is 6.06. The van der Waals surface area contributed by atoms with Crippen LogP contribution in [-0.4, -0.2) is 32.8 Å². The number of benzene rings is 1. The van der Waals surface area contributed by atoms with E-state index in [-0.39, 0.29) is 4.90 Å². The van der Waals surface area contributed by atoms with Gasteiger partial charge in [0.15, 0.2) is 0 Å². The zero-order valence-electron chi connectivity index (χ0n) is 11.3. The number of hydrogen-bond donors (Lipinski definition) is 2. The fourth-order valence-corrected chi connectivity index (χ4v) is 2.64. The summed E-state index contributed by atoms with van der Waals surface area (Å²) >= 11 is 0. The van der Waals surface area contributed by atoms with Gasteiger partial charge in [-0.25, -0.2) is 13.1 Å². The van der Waals surface area contributed by atoms with E-state index < -0.39 is 16.1 Å². The Morgan fingerprint density at radius 1 is 1.32 bits per heavy atom. The fraction of sp³-hybridized carbons (Fsp3) is 0.538. The Morgan fingerprint density at radius 3 is 2.47 bits per heavy atom. The highest BCUT2D eigenvalue weighted by atomic mass is 32.2. The molecule has 2 N–H and O–H groups in total. The highest BCUT2D eigenvalue weighted by molar-refractivity contribution is 7.89. The average molecular weight is 287 g/mol. The lowest BCUT2D eigenvalue weighted by Gasteiger charge is -2.08. The normalized spacial score (nSPS) is 13.2. The van der Waals surface area contributed by atoms with E-state index in [1.807, 2.05) is 6.92 Å². The number of sulfonamides is 1. The smallest absolute Gasteiger partial charge is 0.240 e. The Labute approximate surface area is 114 Å². The molecule has 0 heterocycles. The number of hydrogen-bond acceptors (Lipinski definition) is 4. The van der Waals surface area contributed by atoms with Crippen LogP contribution in [0.1, 0.15) is 26.7 Å². The van der Waals surface area contributed by atoms with Crippen molar-refractivity contribution in [2.24, 2.45) is 0 Å². The van der Waals surface area contributed by atoms with Crippen LogP contribution in [0.5, 0.6) is 5.75 Å². The van der Waals surface area contributed by atoms with Crippen molar-refractivity contribution in [1.82, 2.24) is 4.72 Å². The molecule has 0 aromatic heterocycles. The standard InChI is InChI=1S/C13H21NO4S/c1-3-18-12-6-8-13(9-7-12)19(16,17)14-10-4-5-11(2)15/h6-9,11,14-15H,3-5,10H2,1-2H3. The molecule has 0 bridgehead atoms. The van der Waals surface area contributed by atoms with E-state index in [2.05, 4.69) is 4.72 Å². The van der Waals surface area contributed by atoms with Crippen LogP contribution >= 0.6 is 0 Å². The highest BCUT2D eigenvalue weighted by Gasteiger charge is 2.13. The molecule has 0 aliphatic heterocycles. The summed E-state index contributed by atoms with van der Waals surface area (Å²) in [6.45, 7) is 4.42. The predicted molar refractivity (Wildman–Crippen MR) is 73.7 cm³/mol. The van der Waals surface area contributed by atoms with Crippen molar-refractivity contribution in [2.75, 3.05) is 13.2 Å². The van der Waals surface area contributed by atoms with Crippen molar-refractivity contribution >= 4 is 10.0 Å². The Morgan fingerprint density at radius 2 is 1.95 bits per heavy atom. The molecule has 108 valence electrons. The molecular formula is C13H21NO4S. The van der Waals surface area contributed by atoms with Gasteiger partial charge in [0.25, 0.3) is 0 Å². The summed E-state index contributed by atoms with van der Waals surface area (Å²) in [4.78, 5) is 0.216. The molecule has 19 heavy (non-hydrogen) atoms. The SMILES string of the molecule is CCOc1ccc(S(=O)(=O)NCCCC(C)O)cc1. The number of ether oxygens (including phenoxy) is 1. The van der Waals surface area contributed by atoms with E-state index >= 15 is 0 Å². The summed E-state index contributed by atoms with van der Waals surface area (Å²) in [5.74, 6) is 0.649. The summed E-state index contributed by atoms with van der Waals surface area (Å²) in [7, 11) is -3.48. The van der Waals surface area contributed by atoms with Crippen molar-refractivity contribution in [3.63, 3.8) is 0 Å². The third kappa shape index (κ3) is 5.59. The maximum atomic E-state index is 11.9. The molecule has 1 rings (SSSR count). The van der Waals surface area contributed by atoms with Gasteiger partial charge >= 0.3 is 0 Å². The van der Waals surface area contributed by atoms with Crippen molar-refractivity contribution in [3.05, 3.63) is 24.3 Å². The molecule has 1 aromatic carbocycles. The second-order valence-electron chi connectivity index (χ2n) is 4.29. The molecule has 0 aliphatic rings. The van der Waals surface area contributed by atoms with Gasteiger partial charge in [-0.05, 0) is 51.0 Å². The third-order valence-electron chi connectivity index (χ3n) is 2.54. The molecule has 0 saturated heterocycles. The first-order chi connectivity index (χ1) is 8.95. The van der Waals surface area contributed by atoms with Crippen LogP contribution in [0.4, 0.5) is 0 Å². The van der Waals surface area contributed by atoms with Crippen LogP contribution in [0.2, 0.25) is 0 Å². The van der Waals surface area contributed by atoms with E-state index in [0.717, 1.165) is 0 Å². The molecular weight excluding hydrogens is 266 g/mol. The highest BCUT2D eigenvalue weighted by Crippen LogP contribution is 2.15. The zero-order valence-corrected chi connectivity index (χ0v) is 12.1. The first-order valence-corrected chi connectivity index (χ1v) is 7.84. The van der Waals surface area contributed by atoms with E-state index in [4.69, 9.17) is 9.84 Å². The van der Waals surface area contributed by atoms with Crippen molar-refractivity contribution < 1.29 is 18.3 Å². The molecule has 0 amide bonds. The quantitative estimate of drug-likeness (QED) is 0.711. The Hall–Kier alpha value is -1.11. The molecule has 5 nitrogen and oxygen atoms in total. The van der Waals surface area contributed by atoms with Gasteiger partial charge in [-0.2, -0.15) is 0 Å². The Kier molecular flexibility index (Phi) is 6.27. The largest absolute Gasteiger partial charge is 0.494 e. The molecule has 0 fully saturated rings. The van der Waals surface area contributed by atoms with Crippen LogP contribution in [0.25, 0.3) is 0 Å². The van der Waals surface area contributed by atoms with Crippen LogP contribution in [-0.2, 0) is 10.0 Å². The van der Waals surface area contributed by atoms with Gasteiger partial charge in [-0.1, -0.05) is 0 Å². The Balaban J connectivity index is 2.56. The van der Waals surface area contributed by atoms with Crippen LogP contribution in [0.15, 0.2) is 29.2 Å². The summed E-state index contributed by atoms with van der Waals surface area (Å²) in [5.41, 5.74) is 0. The van der Waals surface area contributed by atoms with Crippen molar-refractivity contribution in [1.29, 1.82) is 0 Å². The van der Waals surface area contributed by atoms with Gasteiger partial charge in [0.05, 0.1) is 17.6 Å². The number of aliphatic hydroxyl groups excluding tert-OH is 1. The number of aliphatic hydroxyl groups is 1. The van der Waals surface area contributed by atoms with Crippen LogP contribution in [0, 0.1) is 0 Å². The van der Waals surface area contributed by atoms with Crippen LogP contribution in [0.3, 0.4) is 0 Å². The predicted octanol–water partition coefficient (Wildman–Crippen LogP) is 1.52. The van der Waals surface area contributed by atoms with Gasteiger partial charge in [0.1, 0.15) is 5.75 Å². The lowest BCUT2D eigenvalue weighted by atomic mass is 10.2. The minimum absolute atomic E-state index is 0.216. The number of rotatable bonds is 8. The minimum atomic E-state index is -3.48. The summed E-state index contributed by atoms with van der Waals surface area (Å²) in [6, 6.07) is 6.30. The maximum Gasteiger partial charge on any atom is 0.240 e. The van der Waals surface area contributed by atoms with Crippen LogP contribution < -0.4 is 9.46 Å². The molecule has 0 spiro atoms. The van der Waals surface area contributed by atoms with E-state index in [1.54, 1.807) is 19.1 Å². The molecule has 1 atom stereocenters. The van der Waals surface area contributed by atoms with E-state index in [9.17, 15) is 8.42 Å². The molecule has 0 saturated carbocycles. The molecule has 0 aliphatic carbocycles. The van der Waals surface area contributed by atoms with Gasteiger partial charge in [0.2, 0.25) is 10.0 Å². The second kappa shape index (κ2) is 7.47. The summed E-state index contributed by atoms with van der Waals surface area (Å²) in [5, 5.41) is 9.09. The van der Waals surface area contributed by atoms with E-state index in [0.29, 0.717) is 31.7 Å². The minimum Gasteiger partial charge on any atom is -0.494 e. The molecule has 1 aromatic rings. The van der Waals surface area contributed by atoms with E-state index in [1.165, 1.54) is 12.1 Å². The zero-order chi connectivity index (χ0) is 14.3. The topological polar surface area (TPSA) is 75.6 Å². The van der Waals surface area contributed by atoms with Crippen molar-refractivity contribution in [3.8, 4) is 5.75 Å². The summed E-state index contributed by atoms with van der Waals surface area (Å²) < 4.78 is 31.6. The lowest BCUT2D eigenvalue weighted by molar-refractivity contribution is 0.182. The fourth-order valence-electron chi connectivity index (χ4n) is 1.57. The number of nitrogens with one attached hydrogen (secondary N) is 1. The van der Waals surface area contributed by atoms with Crippen molar-refractivity contribution in [2.45, 2.75) is 37.7 Å². The molecule has 0 radical (unpaired) electrons. The Bertz CT molecular complexity index is 468. The third-order valence-corrected chi connectivity index (χ3v) is 4.01. The lowest BCUT2D eigenvalue weighted by Crippen LogP contribution is -2.25. The van der Waals surface area contributed by atoms with Gasteiger partial charge in [-0.3, -0.25) is 0 Å². The first kappa shape index (κ1) is 15.9. The van der Waals surface area contributed by atoms with Gasteiger partial charge in [-0.15, -0.1) is 0 Å². The molecule has 6 heteroatoms.